The molecule has 4 aliphatic rings. The molecule has 0 unspecified atom stereocenters. The van der Waals surface area contributed by atoms with E-state index in [9.17, 15) is 0 Å². The van der Waals surface area contributed by atoms with Gasteiger partial charge in [-0.05, 0) is 241 Å². The highest BCUT2D eigenvalue weighted by Crippen LogP contribution is 2.32. The minimum absolute atomic E-state index is 1.01. The summed E-state index contributed by atoms with van der Waals surface area (Å²) in [7, 11) is 5.96. The van der Waals surface area contributed by atoms with E-state index in [0.29, 0.717) is 0 Å². The first-order valence-corrected chi connectivity index (χ1v) is 38.3. The second-order valence-electron chi connectivity index (χ2n) is 23.3. The molecule has 0 saturated carbocycles. The number of hydrogen-bond donors (Lipinski definition) is 0. The standard InChI is InChI=1S/C11H12.4C10H11N.C9H10N2.2C8H9N3.8C2H6/c1-8-4-3-5-10-7-6-9(2)11(8)10;1-7-3-4-9-6-11-5-8(2)10(7)9;1-7-3-4-9-5-6-11-8(2)10(7)9;1-7-3-4-9-10(7)8(2)5-6-11-9;1-8-4-3-6-11-7-5-9(2)10(8)11;1-7-3-5-10-8-4-6-11(2)9(7)8;1-6-8-7(10-5-9-6)3-4-11(8)2;1-6-8-7(3-4-9-6)5-10-11(8)2;8*1-2/h3-6H,7H2,1-2H3;3*3,5-6H,4H2,1-2H3;3-7H,1-2H3;3-6H,1-2H3;2*3-5H,1-2H3;8*1-2H3. The van der Waals surface area contributed by atoms with Crippen LogP contribution in [0.15, 0.2) is 172 Å². The number of pyridine rings is 6. The molecule has 12 nitrogen and oxygen atoms in total. The minimum atomic E-state index is 1.01. The van der Waals surface area contributed by atoms with Crippen molar-refractivity contribution < 1.29 is 0 Å². The van der Waals surface area contributed by atoms with Gasteiger partial charge in [0.15, 0.2) is 0 Å². The Morgan fingerprint density at radius 1 is 0.308 bits per heavy atom. The molecule has 0 saturated heterocycles. The third-order valence-corrected chi connectivity index (χ3v) is 16.8. The van der Waals surface area contributed by atoms with Gasteiger partial charge in [-0.15, -0.1) is 0 Å². The van der Waals surface area contributed by atoms with Crippen molar-refractivity contribution in [2.75, 3.05) is 0 Å². The van der Waals surface area contributed by atoms with E-state index in [-0.39, 0.29) is 0 Å². The highest BCUT2D eigenvalue weighted by molar-refractivity contribution is 5.81. The molecule has 0 fully saturated rings. The lowest BCUT2D eigenvalue weighted by atomic mass is 10.0. The maximum absolute atomic E-state index is 4.32. The van der Waals surface area contributed by atoms with Crippen molar-refractivity contribution in [1.82, 2.24) is 58.2 Å². The van der Waals surface area contributed by atoms with E-state index in [1.54, 1.807) is 12.5 Å². The van der Waals surface area contributed by atoms with E-state index in [0.717, 1.165) is 70.2 Å². The van der Waals surface area contributed by atoms with Gasteiger partial charge in [0, 0.05) is 112 Å². The zero-order valence-electron chi connectivity index (χ0n) is 70.4. The van der Waals surface area contributed by atoms with Crippen molar-refractivity contribution in [3.05, 3.63) is 267 Å². The van der Waals surface area contributed by atoms with Gasteiger partial charge < -0.3 is 13.5 Å². The van der Waals surface area contributed by atoms with Crippen molar-refractivity contribution in [2.45, 2.75) is 226 Å². The monoisotopic (exact) mass is 1410 g/mol. The van der Waals surface area contributed by atoms with E-state index >= 15 is 0 Å². The van der Waals surface area contributed by atoms with Crippen molar-refractivity contribution in [3.8, 4) is 0 Å². The largest absolute Gasteiger partial charge is 0.349 e. The summed E-state index contributed by atoms with van der Waals surface area (Å²) in [5.41, 5.74) is 34.9. The Balaban J connectivity index is 0.000000578. The van der Waals surface area contributed by atoms with Crippen LogP contribution in [0.5, 0.6) is 0 Å². The summed E-state index contributed by atoms with van der Waals surface area (Å²) >= 11 is 0. The van der Waals surface area contributed by atoms with Crippen LogP contribution in [-0.4, -0.2) is 58.2 Å². The molecule has 11 aromatic heterocycles. The lowest BCUT2D eigenvalue weighted by Gasteiger charge is -2.04. The van der Waals surface area contributed by atoms with E-state index in [4.69, 9.17) is 0 Å². The van der Waals surface area contributed by atoms with Gasteiger partial charge in [0.2, 0.25) is 0 Å². The van der Waals surface area contributed by atoms with E-state index in [1.807, 2.05) is 229 Å². The van der Waals surface area contributed by atoms with Crippen LogP contribution in [0.25, 0.3) is 60.8 Å². The molecule has 0 aliphatic heterocycles. The fourth-order valence-corrected chi connectivity index (χ4v) is 12.5. The van der Waals surface area contributed by atoms with Crippen LogP contribution < -0.4 is 0 Å². The number of aromatic nitrogens is 12. The van der Waals surface area contributed by atoms with Gasteiger partial charge in [-0.25, -0.2) is 9.97 Å². The maximum Gasteiger partial charge on any atom is 0.116 e. The number of aryl methyl sites for hydroxylation is 12. The molecule has 0 amide bonds. The molecular formula is C92H132N12. The molecule has 0 radical (unpaired) electrons. The fourth-order valence-electron chi connectivity index (χ4n) is 12.5. The average Bonchev–Trinajstić information content (AvgIpc) is 1.47. The van der Waals surface area contributed by atoms with Crippen LogP contribution in [-0.2, 0) is 46.8 Å². The highest BCUT2D eigenvalue weighted by Gasteiger charge is 2.16. The van der Waals surface area contributed by atoms with Crippen molar-refractivity contribution >= 4 is 60.8 Å². The molecule has 0 bridgehead atoms. The summed E-state index contributed by atoms with van der Waals surface area (Å²) in [4.78, 5) is 29.4. The molecule has 12 heteroatoms. The Morgan fingerprint density at radius 3 is 1.33 bits per heavy atom. The summed E-state index contributed by atoms with van der Waals surface area (Å²) in [6.45, 7) is 59.5. The number of rotatable bonds is 0. The molecular weight excluding hydrogens is 1270 g/mol. The molecule has 0 N–H and O–H groups in total. The van der Waals surface area contributed by atoms with Crippen molar-refractivity contribution in [1.29, 1.82) is 0 Å². The van der Waals surface area contributed by atoms with Crippen LogP contribution in [0.2, 0.25) is 0 Å². The first-order chi connectivity index (χ1) is 50.3. The van der Waals surface area contributed by atoms with Crippen LogP contribution in [0.4, 0.5) is 0 Å². The predicted octanol–water partition coefficient (Wildman–Crippen LogP) is 25.2. The third kappa shape index (κ3) is 25.3. The normalized spacial score (nSPS) is 11.2. The number of fused-ring (bicyclic) bond motifs is 8. The molecule has 0 atom stereocenters. The van der Waals surface area contributed by atoms with Gasteiger partial charge in [0.05, 0.1) is 56.4 Å². The van der Waals surface area contributed by atoms with Crippen LogP contribution >= 0.6 is 0 Å². The lowest BCUT2D eigenvalue weighted by molar-refractivity contribution is 0.792. The fraction of sp³-hybridized carbons (Fsp3) is 0.391. The Bertz CT molecular complexity index is 4010. The molecule has 1 aromatic carbocycles. The Kier molecular flexibility index (Phi) is 44.3. The smallest absolute Gasteiger partial charge is 0.116 e. The molecule has 12 aromatic rings. The summed E-state index contributed by atoms with van der Waals surface area (Å²) < 4.78 is 8.13. The summed E-state index contributed by atoms with van der Waals surface area (Å²) in [6.07, 6.45) is 36.3. The van der Waals surface area contributed by atoms with E-state index in [2.05, 4.69) is 210 Å². The Morgan fingerprint density at radius 2 is 0.769 bits per heavy atom. The molecule has 104 heavy (non-hydrogen) atoms. The van der Waals surface area contributed by atoms with Gasteiger partial charge >= 0.3 is 0 Å². The number of nitrogens with zero attached hydrogens (tertiary/aromatic N) is 12. The molecule has 16 rings (SSSR count). The second-order valence-corrected chi connectivity index (χ2v) is 23.3. The summed E-state index contributed by atoms with van der Waals surface area (Å²) in [5, 5.41) is 5.29. The topological polar surface area (TPSA) is 122 Å². The average molecular weight is 1410 g/mol. The molecule has 0 spiro atoms. The Hall–Kier alpha value is -9.68. The molecule has 560 valence electrons. The first-order valence-electron chi connectivity index (χ1n) is 38.3. The Labute approximate surface area is 629 Å². The highest BCUT2D eigenvalue weighted by atomic mass is 15.3. The predicted molar refractivity (Wildman–Crippen MR) is 457 cm³/mol. The SMILES string of the molecule is CC.CC.CC.CC.CC.CC.CC.CC.CC1=CCc2cccc(C)c21.CC1=CCc2ccnc(C)c21.CC1=CCc2cncc(C)c21.CC1=CCc2nccc(C)c21.Cc1cccn2ccc(C)c12.Cc1ccnc2ccn(C)c12.Cc1nccc2cnn(C)c12.Cc1ncnc2ccn(C)c12. The molecule has 11 heterocycles. The second kappa shape index (κ2) is 49.8. The minimum Gasteiger partial charge on any atom is -0.349 e. The van der Waals surface area contributed by atoms with Gasteiger partial charge in [0.25, 0.3) is 0 Å². The van der Waals surface area contributed by atoms with Crippen molar-refractivity contribution in [3.63, 3.8) is 0 Å². The summed E-state index contributed by atoms with van der Waals surface area (Å²) in [5.74, 6) is 0. The third-order valence-electron chi connectivity index (χ3n) is 16.8. The number of benzene rings is 1. The lowest BCUT2D eigenvalue weighted by Crippen LogP contribution is -1.92. The number of hydrogen-bond acceptors (Lipinski definition) is 8. The quantitative estimate of drug-likeness (QED) is 0.147. The van der Waals surface area contributed by atoms with Gasteiger partial charge in [-0.2, -0.15) is 5.10 Å². The van der Waals surface area contributed by atoms with Gasteiger partial charge in [0.1, 0.15) is 6.33 Å². The van der Waals surface area contributed by atoms with Crippen LogP contribution in [0.1, 0.15) is 234 Å². The zero-order chi connectivity index (χ0) is 78.8. The van der Waals surface area contributed by atoms with Crippen LogP contribution in [0, 0.1) is 62.3 Å². The maximum atomic E-state index is 4.32. The zero-order valence-corrected chi connectivity index (χ0v) is 70.4. The molecule has 4 aliphatic carbocycles. The van der Waals surface area contributed by atoms with Gasteiger partial charge in [-0.3, -0.25) is 29.6 Å². The van der Waals surface area contributed by atoms with Crippen molar-refractivity contribution in [2.24, 2.45) is 21.1 Å². The summed E-state index contributed by atoms with van der Waals surface area (Å²) in [6, 6.07) is 25.1. The van der Waals surface area contributed by atoms with Gasteiger partial charge in [-0.1, -0.05) is 159 Å². The van der Waals surface area contributed by atoms with Crippen LogP contribution in [0.3, 0.4) is 0 Å². The van der Waals surface area contributed by atoms with E-state index in [1.165, 1.54) is 111 Å². The first kappa shape index (κ1) is 92.3. The number of allylic oxidation sites excluding steroid dienone is 8. The van der Waals surface area contributed by atoms with E-state index < -0.39 is 0 Å².